The van der Waals surface area contributed by atoms with Crippen molar-refractivity contribution in [3.05, 3.63) is 0 Å². The van der Waals surface area contributed by atoms with Gasteiger partial charge in [-0.1, -0.05) is 32.1 Å². The molecular formula is C9H18O. The third-order valence-corrected chi connectivity index (χ3v) is 2.18. The molecule has 0 aromatic rings. The molecule has 10 heavy (non-hydrogen) atoms. The van der Waals surface area contributed by atoms with Gasteiger partial charge in [0.1, 0.15) is 0 Å². The molecule has 1 atom stereocenters. The van der Waals surface area contributed by atoms with Crippen molar-refractivity contribution in [2.24, 2.45) is 5.92 Å². The third kappa shape index (κ3) is 3.89. The molecule has 0 radical (unpaired) electrons. The number of aliphatic hydroxyl groups is 1. The van der Waals surface area contributed by atoms with E-state index in [9.17, 15) is 0 Å². The first-order chi connectivity index (χ1) is 4.79. The number of rotatable bonds is 5. The number of unbranched alkanes of at least 4 members (excludes halogenated alkanes) is 1. The van der Waals surface area contributed by atoms with Gasteiger partial charge in [0, 0.05) is 0 Å². The number of hydrogen-bond donors (Lipinski definition) is 1. The second-order valence-electron chi connectivity index (χ2n) is 3.58. The van der Waals surface area contributed by atoms with Gasteiger partial charge in [-0.2, -0.15) is 0 Å². The number of hydrogen-bond acceptors (Lipinski definition) is 1. The summed E-state index contributed by atoms with van der Waals surface area (Å²) in [6, 6.07) is 0. The van der Waals surface area contributed by atoms with Crippen molar-refractivity contribution in [1.29, 1.82) is 0 Å². The van der Waals surface area contributed by atoms with Crippen LogP contribution in [-0.2, 0) is 0 Å². The molecule has 1 nitrogen and oxygen atoms in total. The molecule has 0 bridgehead atoms. The maximum atomic E-state index is 8.93. The monoisotopic (exact) mass is 142 g/mol. The van der Waals surface area contributed by atoms with Gasteiger partial charge in [0.05, 0.1) is 6.10 Å². The van der Waals surface area contributed by atoms with Crippen molar-refractivity contribution in [2.75, 3.05) is 0 Å². The lowest BCUT2D eigenvalue weighted by molar-refractivity contribution is 0.180. The molecule has 1 rings (SSSR count). The van der Waals surface area contributed by atoms with Crippen LogP contribution >= 0.6 is 0 Å². The van der Waals surface area contributed by atoms with E-state index in [2.05, 4.69) is 0 Å². The van der Waals surface area contributed by atoms with E-state index in [1.54, 1.807) is 0 Å². The van der Waals surface area contributed by atoms with Crippen LogP contribution in [0.1, 0.15) is 45.4 Å². The maximum absolute atomic E-state index is 8.93. The molecule has 0 heterocycles. The molecule has 1 heteroatoms. The van der Waals surface area contributed by atoms with E-state index in [4.69, 9.17) is 5.11 Å². The Morgan fingerprint density at radius 2 is 2.10 bits per heavy atom. The van der Waals surface area contributed by atoms with E-state index >= 15 is 0 Å². The Morgan fingerprint density at radius 3 is 2.60 bits per heavy atom. The van der Waals surface area contributed by atoms with Crippen molar-refractivity contribution >= 4 is 0 Å². The van der Waals surface area contributed by atoms with Crippen molar-refractivity contribution in [1.82, 2.24) is 0 Å². The molecule has 0 aromatic carbocycles. The van der Waals surface area contributed by atoms with Crippen LogP contribution in [0.15, 0.2) is 0 Å². The van der Waals surface area contributed by atoms with Gasteiger partial charge in [0.25, 0.3) is 0 Å². The van der Waals surface area contributed by atoms with E-state index in [0.29, 0.717) is 0 Å². The number of aliphatic hydroxyl groups excluding tert-OH is 1. The van der Waals surface area contributed by atoms with E-state index < -0.39 is 0 Å². The zero-order chi connectivity index (χ0) is 7.40. The van der Waals surface area contributed by atoms with Gasteiger partial charge in [0.15, 0.2) is 0 Å². The average molecular weight is 142 g/mol. The van der Waals surface area contributed by atoms with Gasteiger partial charge in [-0.15, -0.1) is 0 Å². The molecule has 1 fully saturated rings. The summed E-state index contributed by atoms with van der Waals surface area (Å²) >= 11 is 0. The molecule has 0 aromatic heterocycles. The summed E-state index contributed by atoms with van der Waals surface area (Å²) in [5.74, 6) is 1.06. The molecule has 1 aliphatic rings. The van der Waals surface area contributed by atoms with Crippen LogP contribution < -0.4 is 0 Å². The van der Waals surface area contributed by atoms with Crippen LogP contribution in [-0.4, -0.2) is 11.2 Å². The van der Waals surface area contributed by atoms with E-state index in [1.165, 1.54) is 32.1 Å². The SMILES string of the molecule is CC(O)CCCCC1CC1. The molecule has 1 saturated carbocycles. The van der Waals surface area contributed by atoms with Gasteiger partial charge in [-0.3, -0.25) is 0 Å². The Balaban J connectivity index is 1.76. The molecule has 60 valence electrons. The molecule has 0 aliphatic heterocycles. The predicted molar refractivity (Wildman–Crippen MR) is 42.9 cm³/mol. The highest BCUT2D eigenvalue weighted by Gasteiger charge is 2.19. The first kappa shape index (κ1) is 8.06. The lowest BCUT2D eigenvalue weighted by Crippen LogP contribution is -1.98. The minimum atomic E-state index is -0.0841. The van der Waals surface area contributed by atoms with Crippen molar-refractivity contribution in [2.45, 2.75) is 51.6 Å². The topological polar surface area (TPSA) is 20.2 Å². The highest BCUT2D eigenvalue weighted by molar-refractivity contribution is 4.72. The second-order valence-corrected chi connectivity index (χ2v) is 3.58. The van der Waals surface area contributed by atoms with Gasteiger partial charge >= 0.3 is 0 Å². The standard InChI is InChI=1S/C9H18O/c1-8(10)4-2-3-5-9-6-7-9/h8-10H,2-7H2,1H3. The largest absolute Gasteiger partial charge is 0.393 e. The Kier molecular flexibility index (Phi) is 3.20. The van der Waals surface area contributed by atoms with Crippen LogP contribution in [0, 0.1) is 5.92 Å². The summed E-state index contributed by atoms with van der Waals surface area (Å²) in [5.41, 5.74) is 0. The van der Waals surface area contributed by atoms with Crippen molar-refractivity contribution in [3.63, 3.8) is 0 Å². The summed E-state index contributed by atoms with van der Waals surface area (Å²) in [4.78, 5) is 0. The minimum Gasteiger partial charge on any atom is -0.393 e. The zero-order valence-corrected chi connectivity index (χ0v) is 6.84. The van der Waals surface area contributed by atoms with Gasteiger partial charge in [-0.05, 0) is 19.3 Å². The summed E-state index contributed by atoms with van der Waals surface area (Å²) < 4.78 is 0. The Bertz CT molecular complexity index is 80.7. The lowest BCUT2D eigenvalue weighted by atomic mass is 10.1. The smallest absolute Gasteiger partial charge is 0.0512 e. The summed E-state index contributed by atoms with van der Waals surface area (Å²) in [7, 11) is 0. The predicted octanol–water partition coefficient (Wildman–Crippen LogP) is 2.34. The van der Waals surface area contributed by atoms with Gasteiger partial charge < -0.3 is 5.11 Å². The van der Waals surface area contributed by atoms with Crippen LogP contribution in [0.2, 0.25) is 0 Å². The molecule has 0 saturated heterocycles. The fraction of sp³-hybridized carbons (Fsp3) is 1.00. The minimum absolute atomic E-state index is 0.0841. The highest BCUT2D eigenvalue weighted by Crippen LogP contribution is 2.33. The third-order valence-electron chi connectivity index (χ3n) is 2.18. The van der Waals surface area contributed by atoms with Crippen LogP contribution in [0.5, 0.6) is 0 Å². The first-order valence-electron chi connectivity index (χ1n) is 4.47. The summed E-state index contributed by atoms with van der Waals surface area (Å²) in [6.45, 7) is 1.87. The summed E-state index contributed by atoms with van der Waals surface area (Å²) in [5, 5.41) is 8.93. The lowest BCUT2D eigenvalue weighted by Gasteiger charge is -2.01. The van der Waals surface area contributed by atoms with E-state index in [1.807, 2.05) is 6.92 Å². The maximum Gasteiger partial charge on any atom is 0.0512 e. The fourth-order valence-corrected chi connectivity index (χ4v) is 1.28. The molecule has 0 spiro atoms. The van der Waals surface area contributed by atoms with Crippen molar-refractivity contribution < 1.29 is 5.11 Å². The highest BCUT2D eigenvalue weighted by atomic mass is 16.3. The normalized spacial score (nSPS) is 21.0. The quantitative estimate of drug-likeness (QED) is 0.584. The molecule has 1 aliphatic carbocycles. The van der Waals surface area contributed by atoms with Crippen molar-refractivity contribution in [3.8, 4) is 0 Å². The molecule has 1 N–H and O–H groups in total. The molecule has 0 amide bonds. The zero-order valence-electron chi connectivity index (χ0n) is 6.84. The van der Waals surface area contributed by atoms with E-state index in [-0.39, 0.29) is 6.10 Å². The first-order valence-corrected chi connectivity index (χ1v) is 4.47. The average Bonchev–Trinajstić information content (AvgIpc) is 2.62. The Morgan fingerprint density at radius 1 is 1.40 bits per heavy atom. The Labute approximate surface area is 63.4 Å². The van der Waals surface area contributed by atoms with Gasteiger partial charge in [0.2, 0.25) is 0 Å². The molecular weight excluding hydrogens is 124 g/mol. The van der Waals surface area contributed by atoms with Gasteiger partial charge in [-0.25, -0.2) is 0 Å². The summed E-state index contributed by atoms with van der Waals surface area (Å²) in [6.07, 6.45) is 7.80. The van der Waals surface area contributed by atoms with Crippen LogP contribution in [0.25, 0.3) is 0 Å². The van der Waals surface area contributed by atoms with Crippen LogP contribution in [0.3, 0.4) is 0 Å². The Hall–Kier alpha value is -0.0400. The second kappa shape index (κ2) is 3.97. The molecule has 1 unspecified atom stereocenters. The van der Waals surface area contributed by atoms with E-state index in [0.717, 1.165) is 12.3 Å². The fourth-order valence-electron chi connectivity index (χ4n) is 1.28. The van der Waals surface area contributed by atoms with Crippen LogP contribution in [0.4, 0.5) is 0 Å².